The first-order valence-electron chi connectivity index (χ1n) is 7.38. The van der Waals surface area contributed by atoms with E-state index < -0.39 is 0 Å². The summed E-state index contributed by atoms with van der Waals surface area (Å²) in [5.41, 5.74) is 1.11. The number of halogens is 1. The normalized spacial score (nSPS) is 13.8. The van der Waals surface area contributed by atoms with Crippen molar-refractivity contribution in [1.29, 1.82) is 0 Å². The molecule has 0 saturated carbocycles. The topological polar surface area (TPSA) is 50.7 Å². The SMILES string of the molecule is CCCOc1c(Br)cc(CNC(C)CC(C)O)cc1OC. The lowest BCUT2D eigenvalue weighted by Gasteiger charge is -2.17. The first-order valence-corrected chi connectivity index (χ1v) is 8.17. The summed E-state index contributed by atoms with van der Waals surface area (Å²) in [6, 6.07) is 4.28. The molecule has 5 heteroatoms. The van der Waals surface area contributed by atoms with Gasteiger partial charge >= 0.3 is 0 Å². The van der Waals surface area contributed by atoms with Crippen molar-refractivity contribution in [3.05, 3.63) is 22.2 Å². The molecule has 0 heterocycles. The zero-order valence-corrected chi connectivity index (χ0v) is 14.9. The molecule has 1 aromatic carbocycles. The van der Waals surface area contributed by atoms with E-state index in [1.165, 1.54) is 0 Å². The lowest BCUT2D eigenvalue weighted by atomic mass is 10.1. The van der Waals surface area contributed by atoms with Crippen LogP contribution in [0.15, 0.2) is 16.6 Å². The second-order valence-electron chi connectivity index (χ2n) is 5.32. The molecule has 1 aromatic rings. The summed E-state index contributed by atoms with van der Waals surface area (Å²) in [7, 11) is 1.65. The second kappa shape index (κ2) is 9.28. The monoisotopic (exact) mass is 359 g/mol. The number of aliphatic hydroxyl groups is 1. The summed E-state index contributed by atoms with van der Waals surface area (Å²) in [5, 5.41) is 12.8. The van der Waals surface area contributed by atoms with Gasteiger partial charge in [-0.2, -0.15) is 0 Å². The summed E-state index contributed by atoms with van der Waals surface area (Å²) in [5.74, 6) is 1.48. The highest BCUT2D eigenvalue weighted by Gasteiger charge is 2.12. The zero-order valence-electron chi connectivity index (χ0n) is 13.3. The number of hydrogen-bond donors (Lipinski definition) is 2. The highest BCUT2D eigenvalue weighted by atomic mass is 79.9. The fraction of sp³-hybridized carbons (Fsp3) is 0.625. The maximum absolute atomic E-state index is 9.38. The molecule has 4 nitrogen and oxygen atoms in total. The molecule has 0 fully saturated rings. The minimum Gasteiger partial charge on any atom is -0.493 e. The average molecular weight is 360 g/mol. The largest absolute Gasteiger partial charge is 0.493 e. The third-order valence-corrected chi connectivity index (χ3v) is 3.68. The van der Waals surface area contributed by atoms with Crippen LogP contribution in [0, 0.1) is 0 Å². The highest BCUT2D eigenvalue weighted by molar-refractivity contribution is 9.10. The number of aliphatic hydroxyl groups excluding tert-OH is 1. The van der Waals surface area contributed by atoms with Crippen molar-refractivity contribution in [3.8, 4) is 11.5 Å². The van der Waals surface area contributed by atoms with E-state index in [-0.39, 0.29) is 12.1 Å². The summed E-state index contributed by atoms with van der Waals surface area (Å²) in [4.78, 5) is 0. The Labute approximate surface area is 136 Å². The van der Waals surface area contributed by atoms with Crippen molar-refractivity contribution >= 4 is 15.9 Å². The van der Waals surface area contributed by atoms with Crippen molar-refractivity contribution < 1.29 is 14.6 Å². The minimum atomic E-state index is -0.293. The second-order valence-corrected chi connectivity index (χ2v) is 6.18. The van der Waals surface area contributed by atoms with Crippen molar-refractivity contribution in [3.63, 3.8) is 0 Å². The number of hydrogen-bond acceptors (Lipinski definition) is 4. The van der Waals surface area contributed by atoms with E-state index >= 15 is 0 Å². The van der Waals surface area contributed by atoms with Gasteiger partial charge in [-0.25, -0.2) is 0 Å². The number of methoxy groups -OCH3 is 1. The molecule has 21 heavy (non-hydrogen) atoms. The van der Waals surface area contributed by atoms with Gasteiger partial charge < -0.3 is 19.9 Å². The van der Waals surface area contributed by atoms with Crippen LogP contribution >= 0.6 is 15.9 Å². The van der Waals surface area contributed by atoms with Crippen LogP contribution in [0.5, 0.6) is 11.5 Å². The molecule has 0 spiro atoms. The van der Waals surface area contributed by atoms with E-state index in [9.17, 15) is 5.11 Å². The van der Waals surface area contributed by atoms with Gasteiger partial charge in [0.1, 0.15) is 0 Å². The van der Waals surface area contributed by atoms with E-state index in [1.54, 1.807) is 14.0 Å². The van der Waals surface area contributed by atoms with Crippen LogP contribution in [-0.2, 0) is 6.54 Å². The predicted molar refractivity (Wildman–Crippen MR) is 89.1 cm³/mol. The van der Waals surface area contributed by atoms with Gasteiger partial charge in [0.15, 0.2) is 11.5 Å². The molecule has 2 atom stereocenters. The van der Waals surface area contributed by atoms with Crippen molar-refractivity contribution in [2.45, 2.75) is 52.3 Å². The molecule has 0 aliphatic carbocycles. The molecule has 0 amide bonds. The molecule has 2 N–H and O–H groups in total. The summed E-state index contributed by atoms with van der Waals surface area (Å²) in [6.45, 7) is 7.33. The molecule has 0 saturated heterocycles. The molecule has 0 aliphatic heterocycles. The average Bonchev–Trinajstić information content (AvgIpc) is 2.42. The van der Waals surface area contributed by atoms with Crippen molar-refractivity contribution in [2.75, 3.05) is 13.7 Å². The fourth-order valence-corrected chi connectivity index (χ4v) is 2.71. The number of benzene rings is 1. The number of rotatable bonds is 9. The van der Waals surface area contributed by atoms with Gasteiger partial charge in [-0.05, 0) is 60.3 Å². The van der Waals surface area contributed by atoms with Crippen LogP contribution in [0.3, 0.4) is 0 Å². The molecule has 0 aliphatic rings. The fourth-order valence-electron chi connectivity index (χ4n) is 2.11. The van der Waals surface area contributed by atoms with E-state index in [0.29, 0.717) is 6.61 Å². The van der Waals surface area contributed by atoms with E-state index in [0.717, 1.165) is 40.9 Å². The van der Waals surface area contributed by atoms with Crippen LogP contribution in [0.4, 0.5) is 0 Å². The molecule has 2 unspecified atom stereocenters. The van der Waals surface area contributed by atoms with Crippen LogP contribution in [0.1, 0.15) is 39.2 Å². The van der Waals surface area contributed by atoms with E-state index in [1.807, 2.05) is 12.1 Å². The van der Waals surface area contributed by atoms with Gasteiger partial charge in [0.25, 0.3) is 0 Å². The zero-order chi connectivity index (χ0) is 15.8. The Morgan fingerprint density at radius 1 is 1.33 bits per heavy atom. The first-order chi connectivity index (χ1) is 9.97. The lowest BCUT2D eigenvalue weighted by Crippen LogP contribution is -2.28. The third kappa shape index (κ3) is 6.24. The molecule has 0 radical (unpaired) electrons. The van der Waals surface area contributed by atoms with Gasteiger partial charge in [-0.3, -0.25) is 0 Å². The standard InChI is InChI=1S/C16H26BrNO3/c1-5-6-21-16-14(17)8-13(9-15(16)20-4)10-18-11(2)7-12(3)19/h8-9,11-12,18-19H,5-7,10H2,1-4H3. The summed E-state index contributed by atoms with van der Waals surface area (Å²) in [6.07, 6.45) is 1.39. The van der Waals surface area contributed by atoms with E-state index in [2.05, 4.69) is 35.1 Å². The highest BCUT2D eigenvalue weighted by Crippen LogP contribution is 2.36. The summed E-state index contributed by atoms with van der Waals surface area (Å²) >= 11 is 3.54. The maximum Gasteiger partial charge on any atom is 0.175 e. The molecular formula is C16H26BrNO3. The molecule has 0 bridgehead atoms. The molecular weight excluding hydrogens is 334 g/mol. The Balaban J connectivity index is 2.74. The van der Waals surface area contributed by atoms with Crippen molar-refractivity contribution in [2.24, 2.45) is 0 Å². The Morgan fingerprint density at radius 2 is 2.05 bits per heavy atom. The van der Waals surface area contributed by atoms with Crippen molar-refractivity contribution in [1.82, 2.24) is 5.32 Å². The summed E-state index contributed by atoms with van der Waals surface area (Å²) < 4.78 is 12.0. The Bertz CT molecular complexity index is 438. The minimum absolute atomic E-state index is 0.255. The molecule has 0 aromatic heterocycles. The van der Waals surface area contributed by atoms with Gasteiger partial charge in [0, 0.05) is 12.6 Å². The predicted octanol–water partition coefficient (Wildman–Crippen LogP) is 3.50. The van der Waals surface area contributed by atoms with Gasteiger partial charge in [-0.15, -0.1) is 0 Å². The molecule has 1 rings (SSSR count). The quantitative estimate of drug-likeness (QED) is 0.708. The Kier molecular flexibility index (Phi) is 8.07. The van der Waals surface area contributed by atoms with Crippen LogP contribution < -0.4 is 14.8 Å². The first kappa shape index (κ1) is 18.3. The third-order valence-electron chi connectivity index (χ3n) is 3.09. The van der Waals surface area contributed by atoms with Gasteiger partial charge in [-0.1, -0.05) is 6.92 Å². The van der Waals surface area contributed by atoms with Crippen LogP contribution in [0.25, 0.3) is 0 Å². The van der Waals surface area contributed by atoms with Gasteiger partial charge in [0.05, 0.1) is 24.3 Å². The Morgan fingerprint density at radius 3 is 2.62 bits per heavy atom. The van der Waals surface area contributed by atoms with Gasteiger partial charge in [0.2, 0.25) is 0 Å². The van der Waals surface area contributed by atoms with Crippen LogP contribution in [-0.4, -0.2) is 31.0 Å². The maximum atomic E-state index is 9.38. The number of nitrogens with one attached hydrogen (secondary N) is 1. The number of ether oxygens (including phenoxy) is 2. The molecule has 120 valence electrons. The van der Waals surface area contributed by atoms with E-state index in [4.69, 9.17) is 9.47 Å². The van der Waals surface area contributed by atoms with Crippen LogP contribution in [0.2, 0.25) is 0 Å². The smallest absolute Gasteiger partial charge is 0.175 e. The Hall–Kier alpha value is -0.780. The lowest BCUT2D eigenvalue weighted by molar-refractivity contribution is 0.170.